The van der Waals surface area contributed by atoms with E-state index in [1.165, 1.54) is 0 Å². The second-order valence-electron chi connectivity index (χ2n) is 8.28. The Labute approximate surface area is 172 Å². The van der Waals surface area contributed by atoms with Crippen LogP contribution in [0.2, 0.25) is 0 Å². The Morgan fingerprint density at radius 1 is 1.24 bits per heavy atom. The summed E-state index contributed by atoms with van der Waals surface area (Å²) in [7, 11) is 1.77. The second kappa shape index (κ2) is 9.20. The molecule has 1 aliphatic rings. The molecule has 0 spiro atoms. The van der Waals surface area contributed by atoms with E-state index in [-0.39, 0.29) is 17.7 Å². The zero-order valence-corrected chi connectivity index (χ0v) is 17.7. The number of hydrogen-bond donors (Lipinski definition) is 0. The fourth-order valence-corrected chi connectivity index (χ4v) is 3.70. The number of benzene rings is 1. The van der Waals surface area contributed by atoms with Gasteiger partial charge in [0.05, 0.1) is 6.54 Å². The van der Waals surface area contributed by atoms with Gasteiger partial charge < -0.3 is 14.3 Å². The van der Waals surface area contributed by atoms with Crippen LogP contribution in [0.5, 0.6) is 0 Å². The van der Waals surface area contributed by atoms with Gasteiger partial charge in [-0.25, -0.2) is 0 Å². The number of hydrogen-bond acceptors (Lipinski definition) is 5. The smallest absolute Gasteiger partial charge is 0.254 e. The SMILES string of the molecule is Cc1ccccc1C(=O)N1CCC(C(=O)N(C)Cc2noc(CC(C)C)n2)CC1. The highest BCUT2D eigenvalue weighted by atomic mass is 16.5. The fourth-order valence-electron chi connectivity index (χ4n) is 3.70. The van der Waals surface area contributed by atoms with Gasteiger partial charge in [-0.2, -0.15) is 4.98 Å². The number of aromatic nitrogens is 2. The van der Waals surface area contributed by atoms with Gasteiger partial charge in [-0.15, -0.1) is 0 Å². The molecule has 0 radical (unpaired) electrons. The van der Waals surface area contributed by atoms with Crippen LogP contribution in [-0.2, 0) is 17.8 Å². The molecule has 7 heteroatoms. The van der Waals surface area contributed by atoms with E-state index >= 15 is 0 Å². The molecule has 0 bridgehead atoms. The molecule has 1 fully saturated rings. The number of carbonyl (C=O) groups excluding carboxylic acids is 2. The lowest BCUT2D eigenvalue weighted by atomic mass is 9.94. The van der Waals surface area contributed by atoms with Crippen LogP contribution < -0.4 is 0 Å². The minimum Gasteiger partial charge on any atom is -0.339 e. The molecule has 7 nitrogen and oxygen atoms in total. The van der Waals surface area contributed by atoms with Crippen LogP contribution in [-0.4, -0.2) is 51.9 Å². The number of piperidine rings is 1. The lowest BCUT2D eigenvalue weighted by molar-refractivity contribution is -0.136. The normalized spacial score (nSPS) is 15.0. The minimum atomic E-state index is -0.0806. The van der Waals surface area contributed by atoms with Crippen molar-refractivity contribution in [2.75, 3.05) is 20.1 Å². The summed E-state index contributed by atoms with van der Waals surface area (Å²) in [5, 5.41) is 3.98. The number of amides is 2. The summed E-state index contributed by atoms with van der Waals surface area (Å²) in [4.78, 5) is 33.5. The summed E-state index contributed by atoms with van der Waals surface area (Å²) < 4.78 is 5.25. The topological polar surface area (TPSA) is 79.5 Å². The fraction of sp³-hybridized carbons (Fsp3) is 0.545. The number of aryl methyl sites for hydroxylation is 1. The van der Waals surface area contributed by atoms with Gasteiger partial charge in [0.1, 0.15) is 0 Å². The maximum Gasteiger partial charge on any atom is 0.254 e. The molecule has 0 saturated carbocycles. The predicted octanol–water partition coefficient (Wildman–Crippen LogP) is 3.09. The molecule has 0 unspecified atom stereocenters. The zero-order valence-electron chi connectivity index (χ0n) is 17.7. The van der Waals surface area contributed by atoms with Crippen LogP contribution in [0.3, 0.4) is 0 Å². The average Bonchev–Trinajstić information content (AvgIpc) is 3.13. The van der Waals surface area contributed by atoms with Crippen molar-refractivity contribution in [3.05, 3.63) is 47.1 Å². The summed E-state index contributed by atoms with van der Waals surface area (Å²) in [5.74, 6) is 1.62. The maximum atomic E-state index is 12.8. The van der Waals surface area contributed by atoms with Crippen molar-refractivity contribution >= 4 is 11.8 Å². The minimum absolute atomic E-state index is 0.0480. The van der Waals surface area contributed by atoms with E-state index in [0.717, 1.165) is 17.5 Å². The highest BCUT2D eigenvalue weighted by molar-refractivity contribution is 5.95. The summed E-state index contributed by atoms with van der Waals surface area (Å²) in [6.07, 6.45) is 2.08. The Morgan fingerprint density at radius 3 is 2.59 bits per heavy atom. The lowest BCUT2D eigenvalue weighted by Crippen LogP contribution is -2.43. The monoisotopic (exact) mass is 398 g/mol. The van der Waals surface area contributed by atoms with Crippen LogP contribution in [0, 0.1) is 18.8 Å². The molecule has 1 saturated heterocycles. The Hall–Kier alpha value is -2.70. The number of carbonyl (C=O) groups is 2. The van der Waals surface area contributed by atoms with Crippen molar-refractivity contribution in [1.82, 2.24) is 19.9 Å². The van der Waals surface area contributed by atoms with Gasteiger partial charge in [0.25, 0.3) is 5.91 Å². The predicted molar refractivity (Wildman–Crippen MR) is 109 cm³/mol. The third-order valence-corrected chi connectivity index (χ3v) is 5.35. The third-order valence-electron chi connectivity index (χ3n) is 5.35. The molecule has 1 aromatic heterocycles. The first-order valence-electron chi connectivity index (χ1n) is 10.3. The molecule has 3 rings (SSSR count). The van der Waals surface area contributed by atoms with E-state index in [2.05, 4.69) is 24.0 Å². The standard InChI is InChI=1S/C22H30N4O3/c1-15(2)13-20-23-19(24-29-20)14-25(4)21(27)17-9-11-26(12-10-17)22(28)18-8-6-5-7-16(18)3/h5-8,15,17H,9-14H2,1-4H3. The van der Waals surface area contributed by atoms with Crippen LogP contribution in [0.15, 0.2) is 28.8 Å². The highest BCUT2D eigenvalue weighted by Crippen LogP contribution is 2.22. The van der Waals surface area contributed by atoms with Crippen molar-refractivity contribution in [2.45, 2.75) is 46.6 Å². The summed E-state index contributed by atoms with van der Waals surface area (Å²) in [6, 6.07) is 7.63. The van der Waals surface area contributed by atoms with Gasteiger partial charge in [-0.3, -0.25) is 9.59 Å². The van der Waals surface area contributed by atoms with E-state index in [9.17, 15) is 9.59 Å². The second-order valence-corrected chi connectivity index (χ2v) is 8.28. The molecule has 1 aliphatic heterocycles. The van der Waals surface area contributed by atoms with Gasteiger partial charge in [-0.1, -0.05) is 37.2 Å². The molecule has 29 heavy (non-hydrogen) atoms. The van der Waals surface area contributed by atoms with Gasteiger partial charge in [0.15, 0.2) is 5.82 Å². The molecule has 2 aromatic rings. The molecular formula is C22H30N4O3. The zero-order chi connectivity index (χ0) is 21.0. The van der Waals surface area contributed by atoms with Gasteiger partial charge in [-0.05, 0) is 37.3 Å². The van der Waals surface area contributed by atoms with Crippen LogP contribution in [0.4, 0.5) is 0 Å². The summed E-state index contributed by atoms with van der Waals surface area (Å²) in [6.45, 7) is 7.66. The first-order chi connectivity index (χ1) is 13.8. The first kappa shape index (κ1) is 21.0. The Morgan fingerprint density at radius 2 is 1.93 bits per heavy atom. The van der Waals surface area contributed by atoms with Crippen LogP contribution >= 0.6 is 0 Å². The molecule has 156 valence electrons. The number of rotatable bonds is 6. The van der Waals surface area contributed by atoms with E-state index in [4.69, 9.17) is 4.52 Å². The van der Waals surface area contributed by atoms with Crippen LogP contribution in [0.25, 0.3) is 0 Å². The summed E-state index contributed by atoms with van der Waals surface area (Å²) >= 11 is 0. The van der Waals surface area contributed by atoms with Gasteiger partial charge in [0, 0.05) is 38.0 Å². The van der Waals surface area contributed by atoms with Gasteiger partial charge in [0.2, 0.25) is 11.8 Å². The molecule has 2 heterocycles. The molecular weight excluding hydrogens is 368 g/mol. The van der Waals surface area contributed by atoms with E-state index < -0.39 is 0 Å². The largest absolute Gasteiger partial charge is 0.339 e. The maximum absolute atomic E-state index is 12.8. The Kier molecular flexibility index (Phi) is 6.67. The van der Waals surface area contributed by atoms with E-state index in [1.807, 2.05) is 36.1 Å². The molecule has 0 N–H and O–H groups in total. The van der Waals surface area contributed by atoms with Crippen molar-refractivity contribution in [3.8, 4) is 0 Å². The third kappa shape index (κ3) is 5.22. The molecule has 1 aromatic carbocycles. The number of nitrogens with zero attached hydrogens (tertiary/aromatic N) is 4. The molecule has 2 amide bonds. The van der Waals surface area contributed by atoms with Crippen molar-refractivity contribution in [1.29, 1.82) is 0 Å². The quantitative estimate of drug-likeness (QED) is 0.747. The lowest BCUT2D eigenvalue weighted by Gasteiger charge is -2.33. The average molecular weight is 399 g/mol. The van der Waals surface area contributed by atoms with Crippen molar-refractivity contribution in [3.63, 3.8) is 0 Å². The highest BCUT2D eigenvalue weighted by Gasteiger charge is 2.30. The van der Waals surface area contributed by atoms with Crippen LogP contribution in [0.1, 0.15) is 54.3 Å². The van der Waals surface area contributed by atoms with Crippen molar-refractivity contribution < 1.29 is 14.1 Å². The van der Waals surface area contributed by atoms with Gasteiger partial charge >= 0.3 is 0 Å². The first-order valence-corrected chi connectivity index (χ1v) is 10.3. The Balaban J connectivity index is 1.52. The van der Waals surface area contributed by atoms with E-state index in [1.54, 1.807) is 11.9 Å². The number of likely N-dealkylation sites (tertiary alicyclic amines) is 1. The molecule has 0 atom stereocenters. The molecule has 0 aliphatic carbocycles. The van der Waals surface area contributed by atoms with E-state index in [0.29, 0.717) is 50.1 Å². The summed E-state index contributed by atoms with van der Waals surface area (Å²) in [5.41, 5.74) is 1.72. The Bertz CT molecular complexity index is 853. The van der Waals surface area contributed by atoms with Crippen molar-refractivity contribution in [2.24, 2.45) is 11.8 Å².